The minimum Gasteiger partial charge on any atom is -0.493 e. The fourth-order valence-corrected chi connectivity index (χ4v) is 4.10. The number of carbonyl (C=O) groups is 1. The Labute approximate surface area is 174 Å². The Bertz CT molecular complexity index is 623. The fourth-order valence-electron chi connectivity index (χ4n) is 4.10. The maximum absolute atomic E-state index is 12.7. The molecule has 1 aromatic rings. The number of benzene rings is 1. The molecule has 1 aliphatic heterocycles. The number of hydrogen-bond acceptors (Lipinski definition) is 5. The van der Waals surface area contributed by atoms with Crippen molar-refractivity contribution in [3.63, 3.8) is 0 Å². The van der Waals surface area contributed by atoms with Crippen LogP contribution in [0.5, 0.6) is 11.5 Å². The van der Waals surface area contributed by atoms with E-state index in [1.54, 1.807) is 20.3 Å². The van der Waals surface area contributed by atoms with Gasteiger partial charge in [-0.15, -0.1) is 12.4 Å². The number of amides is 1. The normalized spacial score (nSPS) is 18.9. The lowest BCUT2D eigenvalue weighted by molar-refractivity contribution is 0.0511. The molecule has 28 heavy (non-hydrogen) atoms. The van der Waals surface area contributed by atoms with Gasteiger partial charge in [0.2, 0.25) is 0 Å². The van der Waals surface area contributed by atoms with Crippen LogP contribution < -0.4 is 20.1 Å². The first-order valence-corrected chi connectivity index (χ1v) is 9.98. The molecule has 3 rings (SSSR count). The fraction of sp³-hybridized carbons (Fsp3) is 0.667. The number of rotatable bonds is 8. The van der Waals surface area contributed by atoms with Crippen LogP contribution in [-0.2, 0) is 4.74 Å². The number of piperidine rings is 1. The molecule has 7 heteroatoms. The van der Waals surface area contributed by atoms with E-state index >= 15 is 0 Å². The molecule has 0 spiro atoms. The second-order valence-corrected chi connectivity index (χ2v) is 7.76. The molecule has 1 saturated carbocycles. The molecule has 0 unspecified atom stereocenters. The summed E-state index contributed by atoms with van der Waals surface area (Å²) in [7, 11) is 3.33. The first-order chi connectivity index (χ1) is 13.2. The minimum atomic E-state index is -0.0882. The third-order valence-corrected chi connectivity index (χ3v) is 5.76. The summed E-state index contributed by atoms with van der Waals surface area (Å²) < 4.78 is 16.9. The molecule has 0 bridgehead atoms. The van der Waals surface area contributed by atoms with Gasteiger partial charge in [-0.1, -0.05) is 0 Å². The van der Waals surface area contributed by atoms with E-state index in [0.29, 0.717) is 24.5 Å². The van der Waals surface area contributed by atoms with Gasteiger partial charge in [0.05, 0.1) is 19.8 Å². The molecule has 1 aromatic carbocycles. The molecule has 2 fully saturated rings. The highest BCUT2D eigenvalue weighted by Crippen LogP contribution is 2.33. The van der Waals surface area contributed by atoms with Gasteiger partial charge in [-0.25, -0.2) is 0 Å². The van der Waals surface area contributed by atoms with Crippen LogP contribution in [0.25, 0.3) is 0 Å². The van der Waals surface area contributed by atoms with Crippen LogP contribution in [0.15, 0.2) is 18.2 Å². The summed E-state index contributed by atoms with van der Waals surface area (Å²) in [6.45, 7) is 3.19. The average molecular weight is 413 g/mol. The molecule has 0 atom stereocenters. The molecule has 2 aliphatic rings. The van der Waals surface area contributed by atoms with Gasteiger partial charge in [0.25, 0.3) is 5.91 Å². The Morgan fingerprint density at radius 1 is 1.18 bits per heavy atom. The summed E-state index contributed by atoms with van der Waals surface area (Å²) in [4.78, 5) is 12.7. The molecule has 0 radical (unpaired) electrons. The van der Waals surface area contributed by atoms with Crippen LogP contribution in [0, 0.1) is 5.41 Å². The minimum absolute atomic E-state index is 0. The predicted molar refractivity (Wildman–Crippen MR) is 112 cm³/mol. The SMILES string of the molecule is COCC1(CNC(=O)c2ccc(OC3CCCC3)c(OC)c2)CCNCC1.Cl. The van der Waals surface area contributed by atoms with Gasteiger partial charge >= 0.3 is 0 Å². The van der Waals surface area contributed by atoms with Crippen molar-refractivity contribution >= 4 is 18.3 Å². The number of hydrogen-bond donors (Lipinski definition) is 2. The van der Waals surface area contributed by atoms with E-state index in [1.165, 1.54) is 12.8 Å². The topological polar surface area (TPSA) is 68.8 Å². The van der Waals surface area contributed by atoms with Gasteiger partial charge in [0.1, 0.15) is 0 Å². The highest BCUT2D eigenvalue weighted by atomic mass is 35.5. The van der Waals surface area contributed by atoms with Crippen molar-refractivity contribution in [3.8, 4) is 11.5 Å². The average Bonchev–Trinajstić information content (AvgIpc) is 3.20. The Morgan fingerprint density at radius 3 is 2.54 bits per heavy atom. The van der Waals surface area contributed by atoms with Gasteiger partial charge in [-0.3, -0.25) is 4.79 Å². The molecule has 1 heterocycles. The summed E-state index contributed by atoms with van der Waals surface area (Å²) >= 11 is 0. The van der Waals surface area contributed by atoms with Crippen molar-refractivity contribution in [2.75, 3.05) is 40.5 Å². The van der Waals surface area contributed by atoms with E-state index in [-0.39, 0.29) is 29.8 Å². The maximum atomic E-state index is 12.7. The van der Waals surface area contributed by atoms with Crippen LogP contribution in [0.1, 0.15) is 48.9 Å². The standard InChI is InChI=1S/C21H32N2O4.ClH/c1-25-15-21(9-11-22-12-10-21)14-23-20(24)16-7-8-18(19(13-16)26-2)27-17-5-3-4-6-17;/h7-8,13,17,22H,3-6,9-12,14-15H2,1-2H3,(H,23,24);1H. The summed E-state index contributed by atoms with van der Waals surface area (Å²) in [6, 6.07) is 5.43. The predicted octanol–water partition coefficient (Wildman–Crippen LogP) is 3.18. The van der Waals surface area contributed by atoms with E-state index in [9.17, 15) is 4.79 Å². The van der Waals surface area contributed by atoms with Crippen LogP contribution in [-0.4, -0.2) is 52.5 Å². The molecule has 0 aromatic heterocycles. The number of nitrogens with one attached hydrogen (secondary N) is 2. The zero-order valence-corrected chi connectivity index (χ0v) is 17.7. The largest absolute Gasteiger partial charge is 0.493 e. The lowest BCUT2D eigenvalue weighted by Crippen LogP contribution is -2.47. The van der Waals surface area contributed by atoms with E-state index in [1.807, 2.05) is 12.1 Å². The van der Waals surface area contributed by atoms with Crippen LogP contribution >= 0.6 is 12.4 Å². The molecule has 1 amide bonds. The van der Waals surface area contributed by atoms with Crippen LogP contribution in [0.2, 0.25) is 0 Å². The van der Waals surface area contributed by atoms with Gasteiger partial charge in [-0.2, -0.15) is 0 Å². The van der Waals surface area contributed by atoms with Gasteiger partial charge in [-0.05, 0) is 69.8 Å². The summed E-state index contributed by atoms with van der Waals surface area (Å²) in [5, 5.41) is 6.46. The summed E-state index contributed by atoms with van der Waals surface area (Å²) in [5.41, 5.74) is 0.595. The highest BCUT2D eigenvalue weighted by molar-refractivity contribution is 5.94. The monoisotopic (exact) mass is 412 g/mol. The Balaban J connectivity index is 0.00000280. The summed E-state index contributed by atoms with van der Waals surface area (Å²) in [5.74, 6) is 1.24. The smallest absolute Gasteiger partial charge is 0.251 e. The molecular formula is C21H33ClN2O4. The van der Waals surface area contributed by atoms with Crippen LogP contribution in [0.4, 0.5) is 0 Å². The zero-order valence-electron chi connectivity index (χ0n) is 16.9. The Kier molecular flexibility index (Phi) is 8.86. The molecule has 158 valence electrons. The van der Waals surface area contributed by atoms with Crippen molar-refractivity contribution in [2.45, 2.75) is 44.6 Å². The molecule has 6 nitrogen and oxygen atoms in total. The van der Waals surface area contributed by atoms with Crippen molar-refractivity contribution < 1.29 is 19.0 Å². The Morgan fingerprint density at radius 2 is 1.89 bits per heavy atom. The second kappa shape index (κ2) is 10.9. The van der Waals surface area contributed by atoms with E-state index in [0.717, 1.165) is 44.5 Å². The lowest BCUT2D eigenvalue weighted by Gasteiger charge is -2.37. The third kappa shape index (κ3) is 5.75. The van der Waals surface area contributed by atoms with E-state index in [4.69, 9.17) is 14.2 Å². The van der Waals surface area contributed by atoms with Crippen molar-refractivity contribution in [3.05, 3.63) is 23.8 Å². The third-order valence-electron chi connectivity index (χ3n) is 5.76. The quantitative estimate of drug-likeness (QED) is 0.686. The Hall–Kier alpha value is -1.50. The molecule has 1 aliphatic carbocycles. The van der Waals surface area contributed by atoms with E-state index < -0.39 is 0 Å². The highest BCUT2D eigenvalue weighted by Gasteiger charge is 2.32. The number of methoxy groups -OCH3 is 2. The van der Waals surface area contributed by atoms with Gasteiger partial charge < -0.3 is 24.8 Å². The van der Waals surface area contributed by atoms with Gasteiger partial charge in [0, 0.05) is 24.6 Å². The number of ether oxygens (including phenoxy) is 3. The van der Waals surface area contributed by atoms with Crippen molar-refractivity contribution in [1.29, 1.82) is 0 Å². The number of carbonyl (C=O) groups excluding carboxylic acids is 1. The molecule has 2 N–H and O–H groups in total. The first-order valence-electron chi connectivity index (χ1n) is 9.98. The second-order valence-electron chi connectivity index (χ2n) is 7.76. The maximum Gasteiger partial charge on any atom is 0.251 e. The first kappa shape index (κ1) is 22.8. The van der Waals surface area contributed by atoms with E-state index in [2.05, 4.69) is 10.6 Å². The molecular weight excluding hydrogens is 380 g/mol. The van der Waals surface area contributed by atoms with Crippen LogP contribution in [0.3, 0.4) is 0 Å². The molecule has 1 saturated heterocycles. The van der Waals surface area contributed by atoms with Crippen molar-refractivity contribution in [2.24, 2.45) is 5.41 Å². The van der Waals surface area contributed by atoms with Gasteiger partial charge in [0.15, 0.2) is 11.5 Å². The zero-order chi connectivity index (χ0) is 19.1. The lowest BCUT2D eigenvalue weighted by atomic mass is 9.79. The summed E-state index contributed by atoms with van der Waals surface area (Å²) in [6.07, 6.45) is 6.85. The number of halogens is 1. The van der Waals surface area contributed by atoms with Crippen molar-refractivity contribution in [1.82, 2.24) is 10.6 Å².